The molecule has 0 amide bonds. The zero-order valence-corrected chi connectivity index (χ0v) is 18.9. The van der Waals surface area contributed by atoms with Crippen molar-refractivity contribution in [3.05, 3.63) is 66.2 Å². The van der Waals surface area contributed by atoms with Crippen LogP contribution < -0.4 is 14.4 Å². The van der Waals surface area contributed by atoms with Crippen molar-refractivity contribution in [2.45, 2.75) is 33.0 Å². The monoisotopic (exact) mass is 449 g/mol. The third-order valence-corrected chi connectivity index (χ3v) is 5.42. The zero-order valence-electron chi connectivity index (χ0n) is 18.9. The lowest BCUT2D eigenvalue weighted by Crippen LogP contribution is -2.53. The van der Waals surface area contributed by atoms with Gasteiger partial charge < -0.3 is 23.8 Å². The lowest BCUT2D eigenvalue weighted by molar-refractivity contribution is -0.154. The number of nitrogens with zero attached hydrogens (tertiary/aromatic N) is 1. The van der Waals surface area contributed by atoms with Crippen LogP contribution in [-0.2, 0) is 19.1 Å². The minimum atomic E-state index is -1.16. The van der Waals surface area contributed by atoms with Crippen molar-refractivity contribution < 1.29 is 28.5 Å². The third-order valence-electron chi connectivity index (χ3n) is 5.42. The number of benzene rings is 3. The minimum Gasteiger partial charge on any atom is -0.494 e. The highest BCUT2D eigenvalue weighted by atomic mass is 16.6. The first kappa shape index (κ1) is 22.5. The molecule has 1 heterocycles. The first-order chi connectivity index (χ1) is 16.1. The Morgan fingerprint density at radius 3 is 2.24 bits per heavy atom. The van der Waals surface area contributed by atoms with Crippen LogP contribution in [-0.4, -0.2) is 38.0 Å². The SMILES string of the molecule is CCOC(=O)C1c2c(ccc3ccccc23)O[C@@H](C(=O)OCC)N1c1ccc(OCC)cc1. The molecule has 0 N–H and O–H groups in total. The normalized spacial score (nSPS) is 17.1. The number of hydrogen-bond donors (Lipinski definition) is 0. The molecule has 0 spiro atoms. The Bertz CT molecular complexity index is 1140. The minimum absolute atomic E-state index is 0.185. The number of esters is 2. The van der Waals surface area contributed by atoms with Gasteiger partial charge in [0.2, 0.25) is 0 Å². The van der Waals surface area contributed by atoms with Crippen LogP contribution in [0, 0.1) is 0 Å². The topological polar surface area (TPSA) is 74.3 Å². The smallest absolute Gasteiger partial charge is 0.369 e. The maximum Gasteiger partial charge on any atom is 0.369 e. The van der Waals surface area contributed by atoms with Crippen LogP contribution in [0.4, 0.5) is 5.69 Å². The average Bonchev–Trinajstić information content (AvgIpc) is 2.83. The number of anilines is 1. The largest absolute Gasteiger partial charge is 0.494 e. The highest BCUT2D eigenvalue weighted by Crippen LogP contribution is 2.44. The van der Waals surface area contributed by atoms with Crippen molar-refractivity contribution in [3.8, 4) is 11.5 Å². The van der Waals surface area contributed by atoms with Gasteiger partial charge in [0.05, 0.1) is 19.8 Å². The molecule has 1 aliphatic rings. The van der Waals surface area contributed by atoms with Crippen LogP contribution in [0.15, 0.2) is 60.7 Å². The van der Waals surface area contributed by atoms with Crippen LogP contribution in [0.3, 0.4) is 0 Å². The number of ether oxygens (including phenoxy) is 4. The van der Waals surface area contributed by atoms with Gasteiger partial charge in [-0.3, -0.25) is 0 Å². The van der Waals surface area contributed by atoms with Gasteiger partial charge in [0.15, 0.2) is 6.04 Å². The van der Waals surface area contributed by atoms with Gasteiger partial charge in [0.25, 0.3) is 6.23 Å². The van der Waals surface area contributed by atoms with E-state index in [0.29, 0.717) is 29.4 Å². The summed E-state index contributed by atoms with van der Waals surface area (Å²) in [5, 5.41) is 1.81. The van der Waals surface area contributed by atoms with Gasteiger partial charge in [-0.1, -0.05) is 30.3 Å². The molecule has 0 bridgehead atoms. The molecule has 3 aromatic rings. The van der Waals surface area contributed by atoms with Crippen LogP contribution in [0.1, 0.15) is 32.4 Å². The number of rotatable bonds is 7. The molecule has 1 aliphatic heterocycles. The molecule has 0 aromatic heterocycles. The van der Waals surface area contributed by atoms with Gasteiger partial charge in [-0.2, -0.15) is 0 Å². The molecular weight excluding hydrogens is 422 g/mol. The predicted molar refractivity (Wildman–Crippen MR) is 124 cm³/mol. The van der Waals surface area contributed by atoms with E-state index in [1.807, 2.05) is 37.3 Å². The Hall–Kier alpha value is -3.74. The van der Waals surface area contributed by atoms with E-state index in [2.05, 4.69) is 0 Å². The number of hydrogen-bond acceptors (Lipinski definition) is 7. The van der Waals surface area contributed by atoms with E-state index in [-0.39, 0.29) is 13.2 Å². The van der Waals surface area contributed by atoms with E-state index in [0.717, 1.165) is 10.8 Å². The number of carbonyl (C=O) groups excluding carboxylic acids is 2. The van der Waals surface area contributed by atoms with E-state index in [4.69, 9.17) is 18.9 Å². The Kier molecular flexibility index (Phi) is 6.68. The molecule has 7 heteroatoms. The van der Waals surface area contributed by atoms with Crippen molar-refractivity contribution in [2.75, 3.05) is 24.7 Å². The Labute approximate surface area is 192 Å². The molecule has 0 fully saturated rings. The summed E-state index contributed by atoms with van der Waals surface area (Å²) < 4.78 is 22.5. The molecule has 0 aliphatic carbocycles. The second-order valence-electron chi connectivity index (χ2n) is 7.41. The fraction of sp³-hybridized carbons (Fsp3) is 0.308. The van der Waals surface area contributed by atoms with Gasteiger partial charge in [0, 0.05) is 11.3 Å². The van der Waals surface area contributed by atoms with Gasteiger partial charge in [-0.25, -0.2) is 9.59 Å². The summed E-state index contributed by atoms with van der Waals surface area (Å²) in [6.07, 6.45) is -1.16. The molecular formula is C26H27NO6. The van der Waals surface area contributed by atoms with E-state index in [1.54, 1.807) is 49.1 Å². The first-order valence-electron chi connectivity index (χ1n) is 11.1. The van der Waals surface area contributed by atoms with Gasteiger partial charge in [-0.15, -0.1) is 0 Å². The molecule has 3 aromatic carbocycles. The van der Waals surface area contributed by atoms with Crippen LogP contribution in [0.2, 0.25) is 0 Å². The molecule has 33 heavy (non-hydrogen) atoms. The second-order valence-corrected chi connectivity index (χ2v) is 7.41. The standard InChI is InChI=1S/C26H27NO6/c1-4-30-19-14-12-18(13-15-19)27-23(25(28)31-5-2)22-20-10-8-7-9-17(20)11-16-21(22)33-24(27)26(29)32-6-3/h7-16,23-24H,4-6H2,1-3H3/t23?,24-/m0/s1. The summed E-state index contributed by atoms with van der Waals surface area (Å²) in [4.78, 5) is 28.0. The lowest BCUT2D eigenvalue weighted by Gasteiger charge is -2.42. The molecule has 172 valence electrons. The fourth-order valence-electron chi connectivity index (χ4n) is 4.11. The summed E-state index contributed by atoms with van der Waals surface area (Å²) in [6, 6.07) is 17.7. The summed E-state index contributed by atoms with van der Waals surface area (Å²) >= 11 is 0. The highest BCUT2D eigenvalue weighted by Gasteiger charge is 2.46. The molecule has 1 unspecified atom stereocenters. The van der Waals surface area contributed by atoms with Gasteiger partial charge in [-0.05, 0) is 61.9 Å². The Balaban J connectivity index is 1.92. The van der Waals surface area contributed by atoms with Gasteiger partial charge >= 0.3 is 11.9 Å². The lowest BCUT2D eigenvalue weighted by atomic mass is 9.94. The molecule has 0 saturated heterocycles. The van der Waals surface area contributed by atoms with E-state index in [1.165, 1.54) is 0 Å². The molecule has 7 nitrogen and oxygen atoms in total. The maximum atomic E-state index is 13.4. The van der Waals surface area contributed by atoms with Crippen molar-refractivity contribution in [2.24, 2.45) is 0 Å². The van der Waals surface area contributed by atoms with E-state index < -0.39 is 24.2 Å². The molecule has 0 saturated carbocycles. The van der Waals surface area contributed by atoms with Crippen molar-refractivity contribution >= 4 is 28.4 Å². The van der Waals surface area contributed by atoms with Crippen molar-refractivity contribution in [3.63, 3.8) is 0 Å². The highest BCUT2D eigenvalue weighted by molar-refractivity contribution is 5.97. The average molecular weight is 450 g/mol. The van der Waals surface area contributed by atoms with E-state index in [9.17, 15) is 9.59 Å². The fourth-order valence-corrected chi connectivity index (χ4v) is 4.11. The quantitative estimate of drug-likeness (QED) is 0.487. The van der Waals surface area contributed by atoms with Crippen LogP contribution in [0.5, 0.6) is 11.5 Å². The number of carbonyl (C=O) groups is 2. The van der Waals surface area contributed by atoms with Crippen molar-refractivity contribution in [1.29, 1.82) is 0 Å². The predicted octanol–water partition coefficient (Wildman–Crippen LogP) is 4.63. The summed E-state index contributed by atoms with van der Waals surface area (Å²) in [5.41, 5.74) is 1.26. The molecule has 4 rings (SSSR count). The zero-order chi connectivity index (χ0) is 23.4. The molecule has 0 radical (unpaired) electrons. The summed E-state index contributed by atoms with van der Waals surface area (Å²) in [5.74, 6) is 0.0819. The second kappa shape index (κ2) is 9.81. The van der Waals surface area contributed by atoms with Crippen LogP contribution in [0.25, 0.3) is 10.8 Å². The number of fused-ring (bicyclic) bond motifs is 3. The van der Waals surface area contributed by atoms with Crippen LogP contribution >= 0.6 is 0 Å². The van der Waals surface area contributed by atoms with Gasteiger partial charge in [0.1, 0.15) is 11.5 Å². The summed E-state index contributed by atoms with van der Waals surface area (Å²) in [6.45, 7) is 6.31. The first-order valence-corrected chi connectivity index (χ1v) is 11.1. The third kappa shape index (κ3) is 4.31. The van der Waals surface area contributed by atoms with E-state index >= 15 is 0 Å². The van der Waals surface area contributed by atoms with Crippen molar-refractivity contribution in [1.82, 2.24) is 0 Å². The summed E-state index contributed by atoms with van der Waals surface area (Å²) in [7, 11) is 0. The molecule has 2 atom stereocenters. The Morgan fingerprint density at radius 1 is 0.848 bits per heavy atom. The Morgan fingerprint density at radius 2 is 1.55 bits per heavy atom. The maximum absolute atomic E-state index is 13.4.